The van der Waals surface area contributed by atoms with E-state index in [2.05, 4.69) is 26.2 Å². The fourth-order valence-electron chi connectivity index (χ4n) is 2.23. The maximum absolute atomic E-state index is 12.2. The lowest BCUT2D eigenvalue weighted by Gasteiger charge is -2.32. The largest absolute Gasteiger partial charge is 0.356 e. The minimum absolute atomic E-state index is 0.0178. The molecule has 2 heterocycles. The predicted octanol–water partition coefficient (Wildman–Crippen LogP) is 1.52. The third-order valence-corrected chi connectivity index (χ3v) is 3.45. The van der Waals surface area contributed by atoms with Crippen molar-refractivity contribution in [2.24, 2.45) is 0 Å². The number of aromatic nitrogens is 1. The molecule has 5 nitrogen and oxygen atoms in total. The molecule has 18 heavy (non-hydrogen) atoms. The van der Waals surface area contributed by atoms with Gasteiger partial charge in [-0.1, -0.05) is 0 Å². The van der Waals surface area contributed by atoms with Crippen LogP contribution in [0.15, 0.2) is 16.7 Å². The molecule has 1 aromatic heterocycles. The minimum Gasteiger partial charge on any atom is -0.356 e. The average molecular weight is 314 g/mol. The van der Waals surface area contributed by atoms with Crippen molar-refractivity contribution in [2.75, 3.05) is 13.1 Å². The van der Waals surface area contributed by atoms with Gasteiger partial charge >= 0.3 is 0 Å². The zero-order valence-corrected chi connectivity index (χ0v) is 11.8. The number of halogens is 1. The van der Waals surface area contributed by atoms with E-state index in [4.69, 9.17) is 0 Å². The molecule has 6 heteroatoms. The van der Waals surface area contributed by atoms with Crippen molar-refractivity contribution < 1.29 is 9.59 Å². The molecular formula is C12H16BrN3O2. The number of piperidine rings is 1. The van der Waals surface area contributed by atoms with Gasteiger partial charge in [0.05, 0.1) is 0 Å². The first-order valence-electron chi connectivity index (χ1n) is 5.96. The van der Waals surface area contributed by atoms with Crippen LogP contribution < -0.4 is 5.32 Å². The summed E-state index contributed by atoms with van der Waals surface area (Å²) in [5, 5.41) is 2.87. The lowest BCUT2D eigenvalue weighted by Crippen LogP contribution is -2.49. The summed E-state index contributed by atoms with van der Waals surface area (Å²) >= 11 is 3.31. The molecule has 2 rings (SSSR count). The normalized spacial score (nSPS) is 19.7. The molecule has 2 N–H and O–H groups in total. The molecule has 0 aliphatic carbocycles. The summed E-state index contributed by atoms with van der Waals surface area (Å²) in [6.45, 7) is 2.82. The second kappa shape index (κ2) is 5.56. The van der Waals surface area contributed by atoms with Crippen LogP contribution in [0.1, 0.15) is 30.3 Å². The SMILES string of the molecule is CC(=O)NC1CCCN(C(=O)c2cc(Br)c[nH]2)C1. The summed E-state index contributed by atoms with van der Waals surface area (Å²) in [7, 11) is 0. The molecule has 1 fully saturated rings. The van der Waals surface area contributed by atoms with Crippen LogP contribution in [0, 0.1) is 0 Å². The number of rotatable bonds is 2. The van der Waals surface area contributed by atoms with Crippen molar-refractivity contribution in [1.29, 1.82) is 0 Å². The number of aromatic amines is 1. The summed E-state index contributed by atoms with van der Waals surface area (Å²) in [6, 6.07) is 1.84. The van der Waals surface area contributed by atoms with Gasteiger partial charge in [-0.3, -0.25) is 9.59 Å². The number of carbonyl (C=O) groups is 2. The number of hydrogen-bond donors (Lipinski definition) is 2. The van der Waals surface area contributed by atoms with Crippen molar-refractivity contribution in [3.05, 3.63) is 22.4 Å². The topological polar surface area (TPSA) is 65.2 Å². The number of nitrogens with one attached hydrogen (secondary N) is 2. The van der Waals surface area contributed by atoms with E-state index >= 15 is 0 Å². The number of nitrogens with zero attached hydrogens (tertiary/aromatic N) is 1. The van der Waals surface area contributed by atoms with Gasteiger partial charge in [0.1, 0.15) is 5.69 Å². The molecule has 0 aromatic carbocycles. The molecule has 1 unspecified atom stereocenters. The highest BCUT2D eigenvalue weighted by atomic mass is 79.9. The Labute approximate surface area is 114 Å². The summed E-state index contributed by atoms with van der Waals surface area (Å²) in [5.41, 5.74) is 0.574. The average Bonchev–Trinajstić information content (AvgIpc) is 2.74. The molecule has 1 atom stereocenters. The van der Waals surface area contributed by atoms with Crippen molar-refractivity contribution in [3.63, 3.8) is 0 Å². The zero-order chi connectivity index (χ0) is 13.1. The standard InChI is InChI=1S/C12H16BrN3O2/c1-8(17)15-10-3-2-4-16(7-10)12(18)11-5-9(13)6-14-11/h5-6,10,14H,2-4,7H2,1H3,(H,15,17). The molecule has 1 saturated heterocycles. The first kappa shape index (κ1) is 13.1. The lowest BCUT2D eigenvalue weighted by atomic mass is 10.1. The van der Waals surface area contributed by atoms with Crippen LogP contribution in [0.4, 0.5) is 0 Å². The second-order valence-corrected chi connectivity index (χ2v) is 5.44. The van der Waals surface area contributed by atoms with Crippen LogP contribution in [0.2, 0.25) is 0 Å². The van der Waals surface area contributed by atoms with Crippen molar-refractivity contribution >= 4 is 27.7 Å². The fourth-order valence-corrected chi connectivity index (χ4v) is 2.57. The Morgan fingerprint density at radius 1 is 1.56 bits per heavy atom. The number of amides is 2. The van der Waals surface area contributed by atoms with E-state index in [-0.39, 0.29) is 17.9 Å². The Hall–Kier alpha value is -1.30. The van der Waals surface area contributed by atoms with Crippen LogP contribution in [0.25, 0.3) is 0 Å². The maximum atomic E-state index is 12.2. The molecule has 1 aliphatic rings. The summed E-state index contributed by atoms with van der Waals surface area (Å²) < 4.78 is 0.862. The Kier molecular flexibility index (Phi) is 4.06. The molecule has 2 amide bonds. The van der Waals surface area contributed by atoms with E-state index in [1.165, 1.54) is 6.92 Å². The molecular weight excluding hydrogens is 298 g/mol. The van der Waals surface area contributed by atoms with Crippen molar-refractivity contribution in [3.8, 4) is 0 Å². The third kappa shape index (κ3) is 3.13. The number of carbonyl (C=O) groups excluding carboxylic acids is 2. The van der Waals surface area contributed by atoms with Crippen LogP contribution in [0.3, 0.4) is 0 Å². The van der Waals surface area contributed by atoms with Crippen molar-refractivity contribution in [1.82, 2.24) is 15.2 Å². The minimum atomic E-state index is -0.0445. The van der Waals surface area contributed by atoms with Crippen LogP contribution in [-0.4, -0.2) is 40.8 Å². The predicted molar refractivity (Wildman–Crippen MR) is 71.2 cm³/mol. The van der Waals surface area contributed by atoms with Gasteiger partial charge < -0.3 is 15.2 Å². The molecule has 98 valence electrons. The maximum Gasteiger partial charge on any atom is 0.270 e. The van der Waals surface area contributed by atoms with Crippen LogP contribution >= 0.6 is 15.9 Å². The number of H-pyrrole nitrogens is 1. The highest BCUT2D eigenvalue weighted by molar-refractivity contribution is 9.10. The van der Waals surface area contributed by atoms with Gasteiger partial charge in [0.15, 0.2) is 0 Å². The Morgan fingerprint density at radius 2 is 2.33 bits per heavy atom. The smallest absolute Gasteiger partial charge is 0.270 e. The first-order valence-corrected chi connectivity index (χ1v) is 6.76. The van der Waals surface area contributed by atoms with Gasteiger partial charge in [0.25, 0.3) is 5.91 Å². The highest BCUT2D eigenvalue weighted by Crippen LogP contribution is 2.16. The Bertz CT molecular complexity index is 458. The molecule has 1 aliphatic heterocycles. The summed E-state index contributed by atoms with van der Waals surface area (Å²) in [4.78, 5) is 28.0. The van der Waals surface area contributed by atoms with Gasteiger partial charge in [0, 0.05) is 36.7 Å². The van der Waals surface area contributed by atoms with E-state index in [0.29, 0.717) is 12.2 Å². The van der Waals surface area contributed by atoms with E-state index in [0.717, 1.165) is 23.9 Å². The Morgan fingerprint density at radius 3 is 2.94 bits per heavy atom. The third-order valence-electron chi connectivity index (χ3n) is 2.99. The summed E-state index contributed by atoms with van der Waals surface area (Å²) in [6.07, 6.45) is 3.58. The van der Waals surface area contributed by atoms with Gasteiger partial charge in [-0.05, 0) is 34.8 Å². The highest BCUT2D eigenvalue weighted by Gasteiger charge is 2.25. The second-order valence-electron chi connectivity index (χ2n) is 4.52. The van der Waals surface area contributed by atoms with Gasteiger partial charge in [-0.25, -0.2) is 0 Å². The molecule has 0 saturated carbocycles. The lowest BCUT2D eigenvalue weighted by molar-refractivity contribution is -0.120. The quantitative estimate of drug-likeness (QED) is 0.869. The van der Waals surface area contributed by atoms with Crippen LogP contribution in [-0.2, 0) is 4.79 Å². The first-order chi connectivity index (χ1) is 8.56. The van der Waals surface area contributed by atoms with Crippen molar-refractivity contribution in [2.45, 2.75) is 25.8 Å². The van der Waals surface area contributed by atoms with E-state index in [9.17, 15) is 9.59 Å². The van der Waals surface area contributed by atoms with Gasteiger partial charge in [-0.2, -0.15) is 0 Å². The zero-order valence-electron chi connectivity index (χ0n) is 10.2. The summed E-state index contributed by atoms with van der Waals surface area (Å²) in [5.74, 6) is -0.0623. The van der Waals surface area contributed by atoms with Gasteiger partial charge in [-0.15, -0.1) is 0 Å². The number of hydrogen-bond acceptors (Lipinski definition) is 2. The number of likely N-dealkylation sites (tertiary alicyclic amines) is 1. The van der Waals surface area contributed by atoms with Gasteiger partial charge in [0.2, 0.25) is 5.91 Å². The molecule has 0 bridgehead atoms. The Balaban J connectivity index is 2.00. The van der Waals surface area contributed by atoms with E-state index < -0.39 is 0 Å². The molecule has 1 aromatic rings. The monoisotopic (exact) mass is 313 g/mol. The molecule has 0 spiro atoms. The fraction of sp³-hybridized carbons (Fsp3) is 0.500. The van der Waals surface area contributed by atoms with E-state index in [1.54, 1.807) is 17.2 Å². The van der Waals surface area contributed by atoms with Crippen LogP contribution in [0.5, 0.6) is 0 Å². The van der Waals surface area contributed by atoms with E-state index in [1.807, 2.05) is 0 Å². The molecule has 0 radical (unpaired) electrons.